The monoisotopic (exact) mass is 433 g/mol. The Morgan fingerprint density at radius 3 is 2.64 bits per heavy atom. The van der Waals surface area contributed by atoms with Gasteiger partial charge in [-0.25, -0.2) is 4.98 Å². The average molecular weight is 434 g/mol. The molecule has 0 aliphatic rings. The van der Waals surface area contributed by atoms with Crippen LogP contribution in [0, 0.1) is 13.8 Å². The highest BCUT2D eigenvalue weighted by molar-refractivity contribution is 8.02. The lowest BCUT2D eigenvalue weighted by Crippen LogP contribution is -2.37. The van der Waals surface area contributed by atoms with E-state index in [0.29, 0.717) is 5.02 Å². The molecule has 2 aromatic carbocycles. The van der Waals surface area contributed by atoms with E-state index in [2.05, 4.69) is 15.6 Å². The van der Waals surface area contributed by atoms with Gasteiger partial charge in [0.25, 0.3) is 0 Å². The third-order valence-corrected chi connectivity index (χ3v) is 6.61. The predicted octanol–water partition coefficient (Wildman–Crippen LogP) is 4.80. The summed E-state index contributed by atoms with van der Waals surface area (Å²) < 4.78 is 1.81. The number of rotatable bonds is 6. The molecule has 1 aromatic heterocycles. The zero-order valence-corrected chi connectivity index (χ0v) is 18.1. The second-order valence-corrected chi connectivity index (χ2v) is 9.44. The molecule has 0 spiro atoms. The average Bonchev–Trinajstić information content (AvgIpc) is 3.04. The van der Waals surface area contributed by atoms with Crippen LogP contribution in [0.25, 0.3) is 10.2 Å². The van der Waals surface area contributed by atoms with Crippen molar-refractivity contribution < 1.29 is 9.59 Å². The molecule has 0 fully saturated rings. The Labute approximate surface area is 176 Å². The molecule has 1 unspecified atom stereocenters. The summed E-state index contributed by atoms with van der Waals surface area (Å²) in [5.41, 5.74) is 3.58. The molecule has 2 amide bonds. The van der Waals surface area contributed by atoms with Gasteiger partial charge in [0.2, 0.25) is 11.8 Å². The highest BCUT2D eigenvalue weighted by Gasteiger charge is 2.18. The van der Waals surface area contributed by atoms with E-state index in [4.69, 9.17) is 11.6 Å². The summed E-state index contributed by atoms with van der Waals surface area (Å²) in [6.07, 6.45) is 0. The Kier molecular flexibility index (Phi) is 6.59. The van der Waals surface area contributed by atoms with E-state index in [1.165, 1.54) is 23.1 Å². The molecule has 1 heterocycles. The first-order chi connectivity index (χ1) is 13.3. The first kappa shape index (κ1) is 20.6. The van der Waals surface area contributed by atoms with Crippen LogP contribution in [-0.4, -0.2) is 28.6 Å². The Bertz CT molecular complexity index is 1020. The second kappa shape index (κ2) is 8.94. The van der Waals surface area contributed by atoms with Gasteiger partial charge in [0, 0.05) is 10.7 Å². The maximum Gasteiger partial charge on any atom is 0.243 e. The van der Waals surface area contributed by atoms with E-state index in [0.717, 1.165) is 31.4 Å². The number of nitrogens with one attached hydrogen (secondary N) is 2. The summed E-state index contributed by atoms with van der Waals surface area (Å²) >= 11 is 8.87. The van der Waals surface area contributed by atoms with Crippen molar-refractivity contribution in [3.63, 3.8) is 0 Å². The minimum atomic E-state index is -0.371. The van der Waals surface area contributed by atoms with Gasteiger partial charge >= 0.3 is 0 Å². The quantitative estimate of drug-likeness (QED) is 0.547. The molecule has 8 heteroatoms. The number of amides is 2. The zero-order valence-electron chi connectivity index (χ0n) is 15.7. The maximum atomic E-state index is 12.4. The first-order valence-electron chi connectivity index (χ1n) is 8.70. The Balaban J connectivity index is 1.54. The van der Waals surface area contributed by atoms with E-state index in [-0.39, 0.29) is 23.6 Å². The number of aromatic nitrogens is 1. The van der Waals surface area contributed by atoms with Crippen molar-refractivity contribution in [2.24, 2.45) is 0 Å². The van der Waals surface area contributed by atoms with Crippen LogP contribution in [0.5, 0.6) is 0 Å². The Morgan fingerprint density at radius 1 is 1.21 bits per heavy atom. The highest BCUT2D eigenvalue weighted by Crippen LogP contribution is 2.33. The summed E-state index contributed by atoms with van der Waals surface area (Å²) in [6, 6.07) is 11.4. The van der Waals surface area contributed by atoms with Crippen LogP contribution in [0.1, 0.15) is 18.1 Å². The number of thiazole rings is 1. The van der Waals surface area contributed by atoms with Gasteiger partial charge in [0.05, 0.1) is 22.0 Å². The molecule has 0 saturated carbocycles. The molecule has 1 atom stereocenters. The number of halogens is 1. The molecule has 0 radical (unpaired) electrons. The fourth-order valence-corrected chi connectivity index (χ4v) is 5.02. The summed E-state index contributed by atoms with van der Waals surface area (Å²) in [4.78, 5) is 29.1. The molecule has 5 nitrogen and oxygen atoms in total. The number of benzene rings is 2. The molecular weight excluding hydrogens is 414 g/mol. The van der Waals surface area contributed by atoms with Crippen molar-refractivity contribution in [3.8, 4) is 0 Å². The van der Waals surface area contributed by atoms with Gasteiger partial charge in [0.15, 0.2) is 4.34 Å². The molecule has 146 valence electrons. The van der Waals surface area contributed by atoms with Gasteiger partial charge in [-0.3, -0.25) is 9.59 Å². The fourth-order valence-electron chi connectivity index (χ4n) is 2.64. The van der Waals surface area contributed by atoms with Crippen molar-refractivity contribution in [2.75, 3.05) is 11.9 Å². The molecule has 0 saturated heterocycles. The summed E-state index contributed by atoms with van der Waals surface area (Å²) in [6.45, 7) is 5.59. The number of carbonyl (C=O) groups is 2. The molecule has 3 rings (SSSR count). The maximum absolute atomic E-state index is 12.4. The summed E-state index contributed by atoms with van der Waals surface area (Å²) in [7, 11) is 0. The largest absolute Gasteiger partial charge is 0.346 e. The van der Waals surface area contributed by atoms with Crippen molar-refractivity contribution in [1.82, 2.24) is 10.3 Å². The number of hydrogen-bond acceptors (Lipinski definition) is 5. The Morgan fingerprint density at radius 2 is 1.93 bits per heavy atom. The SMILES string of the molecule is Cc1cccc(C)c1NC(=O)CNC(=O)C(C)Sc1nc2cc(Cl)ccc2s1. The van der Waals surface area contributed by atoms with Gasteiger partial charge in [-0.1, -0.05) is 41.6 Å². The van der Waals surface area contributed by atoms with Crippen LogP contribution in [-0.2, 0) is 9.59 Å². The molecule has 0 aliphatic carbocycles. The highest BCUT2D eigenvalue weighted by atomic mass is 35.5. The minimum absolute atomic E-state index is 0.0764. The van der Waals surface area contributed by atoms with Crippen molar-refractivity contribution in [2.45, 2.75) is 30.4 Å². The number of nitrogens with zero attached hydrogens (tertiary/aromatic N) is 1. The van der Waals surface area contributed by atoms with Gasteiger partial charge in [-0.15, -0.1) is 11.3 Å². The van der Waals surface area contributed by atoms with Gasteiger partial charge in [-0.2, -0.15) is 0 Å². The zero-order chi connectivity index (χ0) is 20.3. The fraction of sp³-hybridized carbons (Fsp3) is 0.250. The molecular formula is C20H20ClN3O2S2. The van der Waals surface area contributed by atoms with Crippen LogP contribution in [0.15, 0.2) is 40.7 Å². The van der Waals surface area contributed by atoms with Gasteiger partial charge in [-0.05, 0) is 50.1 Å². The van der Waals surface area contributed by atoms with E-state index >= 15 is 0 Å². The van der Waals surface area contributed by atoms with Crippen molar-refractivity contribution in [3.05, 3.63) is 52.5 Å². The van der Waals surface area contributed by atoms with E-state index in [9.17, 15) is 9.59 Å². The summed E-state index contributed by atoms with van der Waals surface area (Å²) in [5.74, 6) is -0.462. The standard InChI is InChI=1S/C20H20ClN3O2S2/c1-11-5-4-6-12(2)18(11)24-17(25)10-22-19(26)13(3)27-20-23-15-9-14(21)7-8-16(15)28-20/h4-9,13H,10H2,1-3H3,(H,22,26)(H,24,25). The molecule has 0 bridgehead atoms. The molecule has 28 heavy (non-hydrogen) atoms. The van der Waals surface area contributed by atoms with Gasteiger partial charge in [0.1, 0.15) is 0 Å². The smallest absolute Gasteiger partial charge is 0.243 e. The lowest BCUT2D eigenvalue weighted by Gasteiger charge is -2.13. The van der Waals surface area contributed by atoms with Crippen LogP contribution in [0.3, 0.4) is 0 Å². The lowest BCUT2D eigenvalue weighted by atomic mass is 10.1. The molecule has 0 aliphatic heterocycles. The van der Waals surface area contributed by atoms with Crippen LogP contribution >= 0.6 is 34.7 Å². The number of para-hydroxylation sites is 1. The van der Waals surface area contributed by atoms with Gasteiger partial charge < -0.3 is 10.6 Å². The van der Waals surface area contributed by atoms with E-state index in [1.807, 2.05) is 44.2 Å². The van der Waals surface area contributed by atoms with Crippen LogP contribution in [0.2, 0.25) is 5.02 Å². The molecule has 3 aromatic rings. The van der Waals surface area contributed by atoms with E-state index in [1.54, 1.807) is 13.0 Å². The number of carbonyl (C=O) groups excluding carboxylic acids is 2. The van der Waals surface area contributed by atoms with Crippen LogP contribution < -0.4 is 10.6 Å². The van der Waals surface area contributed by atoms with Crippen molar-refractivity contribution >= 4 is 62.4 Å². The number of anilines is 1. The van der Waals surface area contributed by atoms with Crippen LogP contribution in [0.4, 0.5) is 5.69 Å². The number of fused-ring (bicyclic) bond motifs is 1. The number of aryl methyl sites for hydroxylation is 2. The van der Waals surface area contributed by atoms with Crippen molar-refractivity contribution in [1.29, 1.82) is 0 Å². The minimum Gasteiger partial charge on any atom is -0.346 e. The topological polar surface area (TPSA) is 71.1 Å². The van der Waals surface area contributed by atoms with E-state index < -0.39 is 0 Å². The third-order valence-electron chi connectivity index (χ3n) is 4.15. The first-order valence-corrected chi connectivity index (χ1v) is 10.8. The lowest BCUT2D eigenvalue weighted by molar-refractivity contribution is -0.123. The summed E-state index contributed by atoms with van der Waals surface area (Å²) in [5, 5.41) is 5.81. The Hall–Kier alpha value is -2.09. The third kappa shape index (κ3) is 5.04. The normalized spacial score (nSPS) is 12.0. The number of thioether (sulfide) groups is 1. The predicted molar refractivity (Wildman–Crippen MR) is 118 cm³/mol. The number of hydrogen-bond donors (Lipinski definition) is 2. The molecule has 2 N–H and O–H groups in total. The second-order valence-electron chi connectivity index (χ2n) is 6.38.